The van der Waals surface area contributed by atoms with Crippen LogP contribution in [0.4, 0.5) is 0 Å². The van der Waals surface area contributed by atoms with Gasteiger partial charge in [-0.3, -0.25) is 0 Å². The number of aliphatic carboxylic acids is 1. The summed E-state index contributed by atoms with van der Waals surface area (Å²) in [4.78, 5) is 11.3. The number of sulfonamides is 1. The van der Waals surface area contributed by atoms with Crippen molar-refractivity contribution in [2.45, 2.75) is 23.3 Å². The van der Waals surface area contributed by atoms with Crippen LogP contribution in [0.1, 0.15) is 11.1 Å². The third kappa shape index (κ3) is 6.02. The number of ether oxygens (including phenoxy) is 1. The molecule has 0 aliphatic rings. The van der Waals surface area contributed by atoms with Crippen molar-refractivity contribution >= 4 is 25.8 Å². The van der Waals surface area contributed by atoms with E-state index in [9.17, 15) is 21.6 Å². The minimum absolute atomic E-state index is 0.0359. The number of aryl methyl sites for hydroxylation is 1. The zero-order valence-electron chi connectivity index (χ0n) is 18.9. The predicted octanol–water partition coefficient (Wildman–Crippen LogP) is 3.35. The van der Waals surface area contributed by atoms with Gasteiger partial charge in [-0.25, -0.2) is 21.6 Å². The lowest BCUT2D eigenvalue weighted by Gasteiger charge is -2.19. The molecule has 0 aromatic heterocycles. The molecule has 0 heterocycles. The number of nitrogens with zero attached hydrogens (tertiary/aromatic N) is 1. The van der Waals surface area contributed by atoms with Crippen molar-refractivity contribution in [3.8, 4) is 16.9 Å². The Kier molecular flexibility index (Phi) is 7.44. The maximum absolute atomic E-state index is 13.0. The number of hydrogen-bond acceptors (Lipinski definition) is 6. The molecule has 0 radical (unpaired) electrons. The van der Waals surface area contributed by atoms with Gasteiger partial charge in [-0.05, 0) is 54.4 Å². The van der Waals surface area contributed by atoms with Crippen LogP contribution in [0.15, 0.2) is 76.5 Å². The average Bonchev–Trinajstić information content (AvgIpc) is 2.78. The van der Waals surface area contributed by atoms with Crippen LogP contribution in [-0.2, 0) is 31.2 Å². The quantitative estimate of drug-likeness (QED) is 0.476. The summed E-state index contributed by atoms with van der Waals surface area (Å²) in [5, 5.41) is 9.00. The Hall–Kier alpha value is -3.21. The van der Waals surface area contributed by atoms with E-state index in [0.717, 1.165) is 11.8 Å². The maximum Gasteiger partial charge on any atom is 0.341 e. The average molecular weight is 504 g/mol. The molecule has 1 N–H and O–H groups in total. The second kappa shape index (κ2) is 9.96. The van der Waals surface area contributed by atoms with Gasteiger partial charge < -0.3 is 9.84 Å². The minimum atomic E-state index is -3.74. The smallest absolute Gasteiger partial charge is 0.341 e. The summed E-state index contributed by atoms with van der Waals surface area (Å²) >= 11 is 0. The van der Waals surface area contributed by atoms with Crippen LogP contribution in [0.25, 0.3) is 11.1 Å². The fourth-order valence-electron chi connectivity index (χ4n) is 3.29. The second-order valence-electron chi connectivity index (χ2n) is 7.89. The molecule has 0 spiro atoms. The van der Waals surface area contributed by atoms with Crippen LogP contribution in [0, 0.1) is 6.92 Å². The van der Waals surface area contributed by atoms with Gasteiger partial charge in [-0.1, -0.05) is 35.9 Å². The molecule has 10 heteroatoms. The van der Waals surface area contributed by atoms with Gasteiger partial charge in [0, 0.05) is 25.4 Å². The summed E-state index contributed by atoms with van der Waals surface area (Å²) in [7, 11) is -5.75. The normalized spacial score (nSPS) is 12.0. The molecule has 3 aromatic carbocycles. The number of rotatable bonds is 9. The highest BCUT2D eigenvalue weighted by Gasteiger charge is 2.21. The topological polar surface area (TPSA) is 118 Å². The van der Waals surface area contributed by atoms with E-state index in [-0.39, 0.29) is 22.1 Å². The highest BCUT2D eigenvalue weighted by Crippen LogP contribution is 2.33. The van der Waals surface area contributed by atoms with Gasteiger partial charge in [-0.15, -0.1) is 0 Å². The zero-order chi connectivity index (χ0) is 25.1. The molecule has 0 bridgehead atoms. The molecule has 8 nitrogen and oxygen atoms in total. The predicted molar refractivity (Wildman–Crippen MR) is 128 cm³/mol. The molecule has 0 fully saturated rings. The Bertz CT molecular complexity index is 1410. The minimum Gasteiger partial charge on any atom is -0.481 e. The Morgan fingerprint density at radius 2 is 1.62 bits per heavy atom. The SMILES string of the molecule is Cc1ccc(S(=O)(=O)N(C)Cc2ccc(OCC(=O)O)c(-c3cccc(S(C)(=O)=O)c3)c2)cc1. The lowest BCUT2D eigenvalue weighted by atomic mass is 10.0. The molecule has 0 saturated carbocycles. The molecular formula is C24H25NO7S2. The van der Waals surface area contributed by atoms with Crippen molar-refractivity contribution in [2.24, 2.45) is 0 Å². The molecule has 180 valence electrons. The molecule has 0 atom stereocenters. The first-order valence-electron chi connectivity index (χ1n) is 10.2. The number of carboxylic acids is 1. The Labute approximate surface area is 199 Å². The van der Waals surface area contributed by atoms with Gasteiger partial charge in [0.15, 0.2) is 16.4 Å². The molecule has 0 aliphatic heterocycles. The van der Waals surface area contributed by atoms with Crippen molar-refractivity contribution in [3.05, 3.63) is 77.9 Å². The third-order valence-corrected chi connectivity index (χ3v) is 8.03. The molecular weight excluding hydrogens is 478 g/mol. The van der Waals surface area contributed by atoms with Crippen LogP contribution < -0.4 is 4.74 Å². The summed E-state index contributed by atoms with van der Waals surface area (Å²) in [5.41, 5.74) is 2.50. The molecule has 0 saturated heterocycles. The van der Waals surface area contributed by atoms with Gasteiger partial charge >= 0.3 is 5.97 Å². The van der Waals surface area contributed by atoms with Crippen molar-refractivity contribution in [1.29, 1.82) is 0 Å². The van der Waals surface area contributed by atoms with Crippen molar-refractivity contribution in [1.82, 2.24) is 4.31 Å². The number of benzene rings is 3. The van der Waals surface area contributed by atoms with Crippen molar-refractivity contribution < 1.29 is 31.5 Å². The van der Waals surface area contributed by atoms with E-state index in [1.165, 1.54) is 23.5 Å². The van der Waals surface area contributed by atoms with E-state index < -0.39 is 32.4 Å². The van der Waals surface area contributed by atoms with E-state index in [1.54, 1.807) is 54.6 Å². The molecule has 0 unspecified atom stereocenters. The standard InChI is InChI=1S/C24H25NO7S2/c1-17-7-10-20(11-8-17)34(30,31)25(2)15-18-9-12-23(32-16-24(26)27)22(13-18)19-5-4-6-21(14-19)33(3,28)29/h4-14H,15-16H2,1-3H3,(H,26,27). The van der Waals surface area contributed by atoms with Crippen LogP contribution in [0.2, 0.25) is 0 Å². The molecule has 34 heavy (non-hydrogen) atoms. The van der Waals surface area contributed by atoms with Gasteiger partial charge in [0.25, 0.3) is 0 Å². The van der Waals surface area contributed by atoms with E-state index >= 15 is 0 Å². The summed E-state index contributed by atoms with van der Waals surface area (Å²) < 4.78 is 56.6. The van der Waals surface area contributed by atoms with E-state index in [4.69, 9.17) is 9.84 Å². The van der Waals surface area contributed by atoms with Crippen LogP contribution >= 0.6 is 0 Å². The van der Waals surface area contributed by atoms with Crippen molar-refractivity contribution in [3.63, 3.8) is 0 Å². The maximum atomic E-state index is 13.0. The third-order valence-electron chi connectivity index (χ3n) is 5.10. The van der Waals surface area contributed by atoms with E-state index in [0.29, 0.717) is 16.7 Å². The highest BCUT2D eigenvalue weighted by atomic mass is 32.2. The molecule has 3 aromatic rings. The Morgan fingerprint density at radius 1 is 0.941 bits per heavy atom. The molecule has 0 amide bonds. The zero-order valence-corrected chi connectivity index (χ0v) is 20.6. The van der Waals surface area contributed by atoms with Crippen LogP contribution in [0.5, 0.6) is 5.75 Å². The fraction of sp³-hybridized carbons (Fsp3) is 0.208. The number of carbonyl (C=O) groups is 1. The molecule has 0 aliphatic carbocycles. The van der Waals surface area contributed by atoms with Crippen LogP contribution in [-0.4, -0.2) is 52.1 Å². The first-order chi connectivity index (χ1) is 15.9. The number of sulfone groups is 1. The summed E-state index contributed by atoms with van der Waals surface area (Å²) in [6.45, 7) is 1.32. The Morgan fingerprint density at radius 3 is 2.24 bits per heavy atom. The van der Waals surface area contributed by atoms with Crippen LogP contribution in [0.3, 0.4) is 0 Å². The monoisotopic (exact) mass is 503 g/mol. The lowest BCUT2D eigenvalue weighted by molar-refractivity contribution is -0.139. The summed E-state index contributed by atoms with van der Waals surface area (Å²) in [5.74, 6) is -0.926. The fourth-order valence-corrected chi connectivity index (χ4v) is 5.12. The van der Waals surface area contributed by atoms with Crippen molar-refractivity contribution in [2.75, 3.05) is 19.9 Å². The largest absolute Gasteiger partial charge is 0.481 e. The summed E-state index contributed by atoms with van der Waals surface area (Å²) in [6, 6.07) is 17.6. The first kappa shape index (κ1) is 25.4. The summed E-state index contributed by atoms with van der Waals surface area (Å²) in [6.07, 6.45) is 1.09. The number of carboxylic acid groups (broad SMARTS) is 1. The van der Waals surface area contributed by atoms with Gasteiger partial charge in [0.05, 0.1) is 9.79 Å². The van der Waals surface area contributed by atoms with E-state index in [2.05, 4.69) is 0 Å². The van der Waals surface area contributed by atoms with Gasteiger partial charge in [0.1, 0.15) is 5.75 Å². The first-order valence-corrected chi connectivity index (χ1v) is 13.5. The molecule has 3 rings (SSSR count). The number of hydrogen-bond donors (Lipinski definition) is 1. The lowest BCUT2D eigenvalue weighted by Crippen LogP contribution is -2.26. The Balaban J connectivity index is 2.00. The van der Waals surface area contributed by atoms with E-state index in [1.807, 2.05) is 6.92 Å². The second-order valence-corrected chi connectivity index (χ2v) is 11.9. The highest BCUT2D eigenvalue weighted by molar-refractivity contribution is 7.90. The van der Waals surface area contributed by atoms with Gasteiger partial charge in [-0.2, -0.15) is 4.31 Å². The van der Waals surface area contributed by atoms with Gasteiger partial charge in [0.2, 0.25) is 10.0 Å².